The maximum absolute atomic E-state index is 11.9. The average Bonchev–Trinajstić information content (AvgIpc) is 3.08. The summed E-state index contributed by atoms with van der Waals surface area (Å²) >= 11 is 12.1. The summed E-state index contributed by atoms with van der Waals surface area (Å²) in [6.07, 6.45) is 0. The highest BCUT2D eigenvalue weighted by Gasteiger charge is 2.09. The molecule has 1 N–H and O–H groups in total. The van der Waals surface area contributed by atoms with Crippen molar-refractivity contribution in [1.29, 1.82) is 0 Å². The van der Waals surface area contributed by atoms with Crippen LogP contribution in [0, 0.1) is 0 Å². The van der Waals surface area contributed by atoms with Crippen molar-refractivity contribution in [2.75, 3.05) is 11.9 Å². The molecule has 1 heterocycles. The van der Waals surface area contributed by atoms with E-state index in [0.717, 1.165) is 14.6 Å². The van der Waals surface area contributed by atoms with E-state index in [2.05, 4.69) is 43.6 Å². The largest absolute Gasteiger partial charge is 0.484 e. The van der Waals surface area contributed by atoms with Gasteiger partial charge in [-0.05, 0) is 42.0 Å². The minimum absolute atomic E-state index is 0.109. The van der Waals surface area contributed by atoms with E-state index in [-0.39, 0.29) is 12.5 Å². The van der Waals surface area contributed by atoms with E-state index in [1.165, 1.54) is 16.9 Å². The number of nitrogens with one attached hydrogen (secondary N) is 1. The Hall–Kier alpha value is -1.61. The third-order valence-electron chi connectivity index (χ3n) is 3.11. The molecule has 0 bridgehead atoms. The van der Waals surface area contributed by atoms with Crippen molar-refractivity contribution in [1.82, 2.24) is 10.2 Å². The third kappa shape index (κ3) is 5.98. The Morgan fingerprint density at radius 2 is 1.88 bits per heavy atom. The maximum atomic E-state index is 11.9. The number of benzene rings is 2. The molecule has 26 heavy (non-hydrogen) atoms. The zero-order valence-electron chi connectivity index (χ0n) is 13.3. The van der Waals surface area contributed by atoms with Gasteiger partial charge < -0.3 is 4.74 Å². The fourth-order valence-electron chi connectivity index (χ4n) is 1.88. The first kappa shape index (κ1) is 19.2. The number of hydrogen-bond acceptors (Lipinski definition) is 6. The molecular weight excluding hydrogens is 458 g/mol. The standard InChI is InChI=1S/C17H13BrClN3O2S2/c18-12-3-1-11(2-4-12)10-25-17-22-21-16(26-17)20-15(23)9-24-14-7-5-13(19)6-8-14/h1-8H,9-10H2,(H,20,21,23). The zero-order valence-corrected chi connectivity index (χ0v) is 17.3. The molecule has 0 saturated heterocycles. The first-order valence-electron chi connectivity index (χ1n) is 7.47. The van der Waals surface area contributed by atoms with Gasteiger partial charge in [0.05, 0.1) is 0 Å². The van der Waals surface area contributed by atoms with Gasteiger partial charge in [-0.25, -0.2) is 0 Å². The van der Waals surface area contributed by atoms with Crippen LogP contribution in [0.1, 0.15) is 5.56 Å². The molecule has 0 aliphatic heterocycles. The molecule has 0 spiro atoms. The van der Waals surface area contributed by atoms with Gasteiger partial charge in [-0.2, -0.15) is 0 Å². The molecule has 0 aliphatic carbocycles. The van der Waals surface area contributed by atoms with Crippen molar-refractivity contribution in [3.05, 3.63) is 63.6 Å². The Balaban J connectivity index is 1.45. The molecule has 0 saturated carbocycles. The number of thioether (sulfide) groups is 1. The SMILES string of the molecule is O=C(COc1ccc(Cl)cc1)Nc1nnc(SCc2ccc(Br)cc2)s1. The van der Waals surface area contributed by atoms with E-state index in [1.54, 1.807) is 36.0 Å². The second-order valence-corrected chi connectivity index (χ2v) is 8.63. The zero-order chi connectivity index (χ0) is 18.4. The van der Waals surface area contributed by atoms with Crippen LogP contribution in [0.4, 0.5) is 5.13 Å². The third-order valence-corrected chi connectivity index (χ3v) is 5.94. The van der Waals surface area contributed by atoms with Gasteiger partial charge >= 0.3 is 0 Å². The molecule has 2 aromatic carbocycles. The van der Waals surface area contributed by atoms with Gasteiger partial charge in [0.1, 0.15) is 5.75 Å². The van der Waals surface area contributed by atoms with Gasteiger partial charge in [-0.15, -0.1) is 10.2 Å². The molecule has 9 heteroatoms. The predicted octanol–water partition coefficient (Wildman–Crippen LogP) is 5.26. The highest BCUT2D eigenvalue weighted by molar-refractivity contribution is 9.10. The molecule has 3 aromatic rings. The number of carbonyl (C=O) groups is 1. The summed E-state index contributed by atoms with van der Waals surface area (Å²) in [4.78, 5) is 11.9. The Bertz CT molecular complexity index is 872. The van der Waals surface area contributed by atoms with Gasteiger partial charge in [-0.3, -0.25) is 10.1 Å². The molecular formula is C17H13BrClN3O2S2. The van der Waals surface area contributed by atoms with Crippen molar-refractivity contribution in [3.8, 4) is 5.75 Å². The summed E-state index contributed by atoms with van der Waals surface area (Å²) in [5, 5.41) is 11.8. The number of carbonyl (C=O) groups excluding carboxylic acids is 1. The van der Waals surface area contributed by atoms with Gasteiger partial charge in [-0.1, -0.05) is 62.8 Å². The number of nitrogens with zero attached hydrogens (tertiary/aromatic N) is 2. The number of hydrogen-bond donors (Lipinski definition) is 1. The van der Waals surface area contributed by atoms with Crippen LogP contribution in [0.15, 0.2) is 57.3 Å². The number of amides is 1. The molecule has 1 amide bonds. The van der Waals surface area contributed by atoms with Gasteiger partial charge in [0.25, 0.3) is 5.91 Å². The normalized spacial score (nSPS) is 10.5. The summed E-state index contributed by atoms with van der Waals surface area (Å²) < 4.78 is 7.24. The second kappa shape index (κ2) is 9.36. The second-order valence-electron chi connectivity index (χ2n) is 5.08. The molecule has 0 atom stereocenters. The van der Waals surface area contributed by atoms with Crippen LogP contribution in [0.3, 0.4) is 0 Å². The lowest BCUT2D eigenvalue weighted by molar-refractivity contribution is -0.118. The lowest BCUT2D eigenvalue weighted by Crippen LogP contribution is -2.20. The minimum atomic E-state index is -0.291. The Kier molecular flexibility index (Phi) is 6.90. The molecule has 134 valence electrons. The minimum Gasteiger partial charge on any atom is -0.484 e. The van der Waals surface area contributed by atoms with Gasteiger partial charge in [0, 0.05) is 15.2 Å². The van der Waals surface area contributed by atoms with E-state index in [0.29, 0.717) is 15.9 Å². The highest BCUT2D eigenvalue weighted by atomic mass is 79.9. The average molecular weight is 471 g/mol. The number of ether oxygens (including phenoxy) is 1. The topological polar surface area (TPSA) is 64.1 Å². The summed E-state index contributed by atoms with van der Waals surface area (Å²) in [5.74, 6) is 1.07. The number of halogens is 2. The molecule has 0 unspecified atom stereocenters. The first-order valence-corrected chi connectivity index (χ1v) is 10.4. The summed E-state index contributed by atoms with van der Waals surface area (Å²) in [5.41, 5.74) is 1.19. The van der Waals surface area contributed by atoms with Crippen molar-refractivity contribution in [2.24, 2.45) is 0 Å². The summed E-state index contributed by atoms with van der Waals surface area (Å²) in [7, 11) is 0. The van der Waals surface area contributed by atoms with Crippen LogP contribution in [0.2, 0.25) is 5.02 Å². The van der Waals surface area contributed by atoms with Crippen LogP contribution in [-0.2, 0) is 10.5 Å². The van der Waals surface area contributed by atoms with Crippen molar-refractivity contribution in [3.63, 3.8) is 0 Å². The predicted molar refractivity (Wildman–Crippen MR) is 109 cm³/mol. The van der Waals surface area contributed by atoms with Crippen molar-refractivity contribution >= 4 is 61.7 Å². The lowest BCUT2D eigenvalue weighted by atomic mass is 10.2. The molecule has 0 aliphatic rings. The van der Waals surface area contributed by atoms with Crippen LogP contribution in [0.25, 0.3) is 0 Å². The molecule has 3 rings (SSSR count). The smallest absolute Gasteiger partial charge is 0.264 e. The first-order chi connectivity index (χ1) is 12.6. The van der Waals surface area contributed by atoms with E-state index >= 15 is 0 Å². The molecule has 5 nitrogen and oxygen atoms in total. The molecule has 0 fully saturated rings. The van der Waals surface area contributed by atoms with Crippen LogP contribution in [0.5, 0.6) is 5.75 Å². The van der Waals surface area contributed by atoms with Crippen molar-refractivity contribution < 1.29 is 9.53 Å². The Morgan fingerprint density at radius 1 is 1.15 bits per heavy atom. The highest BCUT2D eigenvalue weighted by Crippen LogP contribution is 2.28. The van der Waals surface area contributed by atoms with Crippen LogP contribution < -0.4 is 10.1 Å². The fraction of sp³-hybridized carbons (Fsp3) is 0.118. The number of anilines is 1. The Morgan fingerprint density at radius 3 is 2.62 bits per heavy atom. The van der Waals surface area contributed by atoms with Crippen LogP contribution in [-0.4, -0.2) is 22.7 Å². The lowest BCUT2D eigenvalue weighted by Gasteiger charge is -2.05. The number of rotatable bonds is 7. The quantitative estimate of drug-likeness (QED) is 0.377. The Labute approximate surface area is 172 Å². The van der Waals surface area contributed by atoms with E-state index < -0.39 is 0 Å². The maximum Gasteiger partial charge on any atom is 0.264 e. The summed E-state index contributed by atoms with van der Waals surface area (Å²) in [6, 6.07) is 14.9. The molecule has 1 aromatic heterocycles. The van der Waals surface area contributed by atoms with Gasteiger partial charge in [0.2, 0.25) is 5.13 Å². The van der Waals surface area contributed by atoms with Crippen molar-refractivity contribution in [2.45, 2.75) is 10.1 Å². The van der Waals surface area contributed by atoms with E-state index in [1.807, 2.05) is 12.1 Å². The van der Waals surface area contributed by atoms with Crippen LogP contribution >= 0.6 is 50.6 Å². The summed E-state index contributed by atoms with van der Waals surface area (Å²) in [6.45, 7) is -0.109. The van der Waals surface area contributed by atoms with E-state index in [4.69, 9.17) is 16.3 Å². The van der Waals surface area contributed by atoms with Gasteiger partial charge in [0.15, 0.2) is 10.9 Å². The fourth-order valence-corrected chi connectivity index (χ4v) is 3.99. The monoisotopic (exact) mass is 469 g/mol. The van der Waals surface area contributed by atoms with E-state index in [9.17, 15) is 4.79 Å². The molecule has 0 radical (unpaired) electrons. The number of aromatic nitrogens is 2.